The molecule has 2 aliphatic rings. The van der Waals surface area contributed by atoms with Crippen LogP contribution in [-0.2, 0) is 9.53 Å². The maximum Gasteiger partial charge on any atom is 0.168 e. The Morgan fingerprint density at radius 3 is 2.73 bits per heavy atom. The van der Waals surface area contributed by atoms with Crippen molar-refractivity contribution in [3.05, 3.63) is 12.3 Å². The Morgan fingerprint density at radius 2 is 2.09 bits per heavy atom. The first-order chi connectivity index (χ1) is 5.33. The normalized spacial score (nSPS) is 27.5. The molecule has 0 aromatic heterocycles. The van der Waals surface area contributed by atoms with Crippen LogP contribution in [0.2, 0.25) is 0 Å². The van der Waals surface area contributed by atoms with Gasteiger partial charge < -0.3 is 4.74 Å². The van der Waals surface area contributed by atoms with Gasteiger partial charge in [0.2, 0.25) is 0 Å². The van der Waals surface area contributed by atoms with Gasteiger partial charge in [-0.1, -0.05) is 12.8 Å². The van der Waals surface area contributed by atoms with E-state index in [1.54, 1.807) is 6.08 Å². The fourth-order valence-corrected chi connectivity index (χ4v) is 2.01. The smallest absolute Gasteiger partial charge is 0.168 e. The lowest BCUT2D eigenvalue weighted by molar-refractivity contribution is -0.127. The topological polar surface area (TPSA) is 26.3 Å². The Kier molecular flexibility index (Phi) is 1.48. The number of rotatable bonds is 0. The third-order valence-electron chi connectivity index (χ3n) is 2.76. The van der Waals surface area contributed by atoms with Gasteiger partial charge in [-0.15, -0.1) is 0 Å². The van der Waals surface area contributed by atoms with Crippen molar-refractivity contribution in [1.82, 2.24) is 0 Å². The van der Waals surface area contributed by atoms with Crippen LogP contribution in [0, 0.1) is 5.41 Å². The Balaban J connectivity index is 2.23. The molecule has 0 bridgehead atoms. The van der Waals surface area contributed by atoms with Crippen molar-refractivity contribution < 1.29 is 9.53 Å². The molecule has 1 fully saturated rings. The van der Waals surface area contributed by atoms with Crippen molar-refractivity contribution in [3.63, 3.8) is 0 Å². The van der Waals surface area contributed by atoms with Crippen molar-refractivity contribution in [1.29, 1.82) is 0 Å². The molecule has 2 rings (SSSR count). The molecule has 1 spiro atoms. The molecule has 0 amide bonds. The first-order valence-corrected chi connectivity index (χ1v) is 4.16. The van der Waals surface area contributed by atoms with Gasteiger partial charge in [0.25, 0.3) is 0 Å². The van der Waals surface area contributed by atoms with Gasteiger partial charge in [0.1, 0.15) is 6.61 Å². The van der Waals surface area contributed by atoms with E-state index in [2.05, 4.69) is 0 Å². The Bertz CT molecular complexity index is 200. The first kappa shape index (κ1) is 6.89. The van der Waals surface area contributed by atoms with Crippen molar-refractivity contribution in [2.24, 2.45) is 5.41 Å². The van der Waals surface area contributed by atoms with E-state index in [1.807, 2.05) is 0 Å². The van der Waals surface area contributed by atoms with Gasteiger partial charge in [-0.3, -0.25) is 4.79 Å². The van der Waals surface area contributed by atoms with Crippen molar-refractivity contribution in [2.75, 3.05) is 6.61 Å². The lowest BCUT2D eigenvalue weighted by Crippen LogP contribution is -2.33. The van der Waals surface area contributed by atoms with Gasteiger partial charge in [-0.25, -0.2) is 0 Å². The fourth-order valence-electron chi connectivity index (χ4n) is 2.01. The molecular weight excluding hydrogens is 140 g/mol. The molecule has 2 nitrogen and oxygen atoms in total. The van der Waals surface area contributed by atoms with Crippen LogP contribution in [0.5, 0.6) is 0 Å². The third kappa shape index (κ3) is 0.971. The predicted octanol–water partition coefficient (Wildman–Crippen LogP) is 1.66. The monoisotopic (exact) mass is 152 g/mol. The zero-order valence-electron chi connectivity index (χ0n) is 6.51. The van der Waals surface area contributed by atoms with Crippen LogP contribution in [-0.4, -0.2) is 12.4 Å². The molecule has 60 valence electrons. The molecular formula is C9H12O2. The van der Waals surface area contributed by atoms with Crippen LogP contribution in [0.15, 0.2) is 12.3 Å². The molecule has 0 N–H and O–H groups in total. The molecule has 0 radical (unpaired) electrons. The number of hydrogen-bond acceptors (Lipinski definition) is 2. The molecule has 2 heteroatoms. The molecule has 0 aromatic carbocycles. The van der Waals surface area contributed by atoms with Gasteiger partial charge >= 0.3 is 0 Å². The molecule has 11 heavy (non-hydrogen) atoms. The Hall–Kier alpha value is -0.790. The maximum atomic E-state index is 11.5. The van der Waals surface area contributed by atoms with Crippen LogP contribution >= 0.6 is 0 Å². The van der Waals surface area contributed by atoms with Gasteiger partial charge in [-0.2, -0.15) is 0 Å². The highest BCUT2D eigenvalue weighted by Gasteiger charge is 2.41. The van der Waals surface area contributed by atoms with E-state index >= 15 is 0 Å². The molecule has 0 unspecified atom stereocenters. The van der Waals surface area contributed by atoms with E-state index in [1.165, 1.54) is 19.1 Å². The van der Waals surface area contributed by atoms with E-state index < -0.39 is 0 Å². The van der Waals surface area contributed by atoms with Crippen LogP contribution in [0.25, 0.3) is 0 Å². The summed E-state index contributed by atoms with van der Waals surface area (Å²) in [6.45, 7) is 0.613. The van der Waals surface area contributed by atoms with Crippen LogP contribution < -0.4 is 0 Å². The number of ether oxygens (including phenoxy) is 1. The molecule has 0 atom stereocenters. The molecule has 0 saturated heterocycles. The van der Waals surface area contributed by atoms with Crippen LogP contribution in [0.4, 0.5) is 0 Å². The van der Waals surface area contributed by atoms with Gasteiger partial charge in [-0.05, 0) is 12.8 Å². The summed E-state index contributed by atoms with van der Waals surface area (Å²) in [6.07, 6.45) is 7.51. The number of ketones is 1. The van der Waals surface area contributed by atoms with Crippen LogP contribution in [0.3, 0.4) is 0 Å². The van der Waals surface area contributed by atoms with Crippen molar-refractivity contribution in [2.45, 2.75) is 25.7 Å². The Morgan fingerprint density at radius 1 is 1.36 bits per heavy atom. The summed E-state index contributed by atoms with van der Waals surface area (Å²) in [4.78, 5) is 11.5. The molecule has 0 aromatic rings. The van der Waals surface area contributed by atoms with Gasteiger partial charge in [0.05, 0.1) is 11.7 Å². The molecule has 1 aliphatic carbocycles. The number of allylic oxidation sites excluding steroid dienone is 1. The quantitative estimate of drug-likeness (QED) is 0.527. The summed E-state index contributed by atoms with van der Waals surface area (Å²) in [5, 5.41) is 0. The highest BCUT2D eigenvalue weighted by molar-refractivity contribution is 5.95. The van der Waals surface area contributed by atoms with Crippen molar-refractivity contribution in [3.8, 4) is 0 Å². The second kappa shape index (κ2) is 2.36. The van der Waals surface area contributed by atoms with E-state index in [0.717, 1.165) is 12.8 Å². The standard InChI is InChI=1S/C9H12O2/c10-8-3-6-11-7-9(8)4-1-2-5-9/h3,6H,1-2,4-5,7H2. The summed E-state index contributed by atoms with van der Waals surface area (Å²) in [7, 11) is 0. The largest absolute Gasteiger partial charge is 0.500 e. The minimum Gasteiger partial charge on any atom is -0.500 e. The zero-order valence-corrected chi connectivity index (χ0v) is 6.51. The minimum absolute atomic E-state index is 0.116. The summed E-state index contributed by atoms with van der Waals surface area (Å²) < 4.78 is 5.18. The highest BCUT2D eigenvalue weighted by atomic mass is 16.5. The third-order valence-corrected chi connectivity index (χ3v) is 2.76. The summed E-state index contributed by atoms with van der Waals surface area (Å²) in [6, 6.07) is 0. The molecule has 1 aliphatic heterocycles. The summed E-state index contributed by atoms with van der Waals surface area (Å²) in [5.41, 5.74) is -0.116. The lowest BCUT2D eigenvalue weighted by Gasteiger charge is -2.27. The Labute approximate surface area is 66.2 Å². The maximum absolute atomic E-state index is 11.5. The van der Waals surface area contributed by atoms with E-state index in [4.69, 9.17) is 4.74 Å². The molecule has 1 heterocycles. The van der Waals surface area contributed by atoms with Crippen molar-refractivity contribution >= 4 is 5.78 Å². The predicted molar refractivity (Wildman–Crippen MR) is 41.0 cm³/mol. The summed E-state index contributed by atoms with van der Waals surface area (Å²) >= 11 is 0. The summed E-state index contributed by atoms with van der Waals surface area (Å²) in [5.74, 6) is 0.279. The second-order valence-electron chi connectivity index (χ2n) is 3.47. The van der Waals surface area contributed by atoms with Gasteiger partial charge in [0.15, 0.2) is 5.78 Å². The molecule has 1 saturated carbocycles. The number of hydrogen-bond donors (Lipinski definition) is 0. The zero-order chi connectivity index (χ0) is 7.73. The highest BCUT2D eigenvalue weighted by Crippen LogP contribution is 2.40. The SMILES string of the molecule is O=C1C=COCC12CCCC2. The minimum atomic E-state index is -0.116. The number of carbonyl (C=O) groups is 1. The van der Waals surface area contributed by atoms with E-state index in [9.17, 15) is 4.79 Å². The van der Waals surface area contributed by atoms with Crippen LogP contribution in [0.1, 0.15) is 25.7 Å². The van der Waals surface area contributed by atoms with E-state index in [0.29, 0.717) is 6.61 Å². The average Bonchev–Trinajstić information content (AvgIpc) is 2.46. The number of carbonyl (C=O) groups excluding carboxylic acids is 1. The average molecular weight is 152 g/mol. The van der Waals surface area contributed by atoms with E-state index in [-0.39, 0.29) is 11.2 Å². The second-order valence-corrected chi connectivity index (χ2v) is 3.47. The van der Waals surface area contributed by atoms with Gasteiger partial charge in [0, 0.05) is 6.08 Å². The fraction of sp³-hybridized carbons (Fsp3) is 0.667. The lowest BCUT2D eigenvalue weighted by atomic mass is 9.81. The first-order valence-electron chi connectivity index (χ1n) is 4.16.